The van der Waals surface area contributed by atoms with Crippen LogP contribution in [-0.4, -0.2) is 53.2 Å². The molecule has 4 aliphatic rings. The van der Waals surface area contributed by atoms with E-state index in [1.54, 1.807) is 0 Å². The molecule has 1 aromatic carbocycles. The molecule has 2 aromatic rings. The number of hydrogen-bond donors (Lipinski definition) is 1. The second kappa shape index (κ2) is 7.93. The summed E-state index contributed by atoms with van der Waals surface area (Å²) in [5.74, 6) is 2.18. The molecule has 1 aromatic heterocycles. The maximum absolute atomic E-state index is 12.2. The summed E-state index contributed by atoms with van der Waals surface area (Å²) in [6.45, 7) is 6.20. The predicted octanol–water partition coefficient (Wildman–Crippen LogP) is 3.66. The molecule has 2 aliphatic heterocycles. The first-order valence-electron chi connectivity index (χ1n) is 11.2. The van der Waals surface area contributed by atoms with Crippen molar-refractivity contribution in [2.75, 3.05) is 36.4 Å². The molecular weight excluding hydrogens is 378 g/mol. The van der Waals surface area contributed by atoms with Crippen LogP contribution in [0.1, 0.15) is 40.5 Å². The lowest BCUT2D eigenvalue weighted by Crippen LogP contribution is -2.45. The topological polar surface area (TPSA) is 74.5 Å². The van der Waals surface area contributed by atoms with Crippen molar-refractivity contribution in [1.29, 1.82) is 0 Å². The highest BCUT2D eigenvalue weighted by molar-refractivity contribution is 5.83. The fourth-order valence-electron chi connectivity index (χ4n) is 4.88. The van der Waals surface area contributed by atoms with E-state index < -0.39 is 0 Å². The van der Waals surface area contributed by atoms with E-state index in [2.05, 4.69) is 50.7 Å². The molecule has 7 heteroatoms. The van der Waals surface area contributed by atoms with Gasteiger partial charge in [-0.3, -0.25) is 4.79 Å². The third-order valence-corrected chi connectivity index (χ3v) is 7.26. The molecular formula is C23H33N5O2. The van der Waals surface area contributed by atoms with Gasteiger partial charge >= 0.3 is 6.01 Å². The highest BCUT2D eigenvalue weighted by atomic mass is 16.4. The van der Waals surface area contributed by atoms with Crippen molar-refractivity contribution in [2.24, 2.45) is 17.3 Å². The highest BCUT2D eigenvalue weighted by Crippen LogP contribution is 2.53. The van der Waals surface area contributed by atoms with Crippen LogP contribution in [0.15, 0.2) is 41.1 Å². The smallest absolute Gasteiger partial charge is 0.315 e. The van der Waals surface area contributed by atoms with Gasteiger partial charge in [-0.25, -0.2) is 0 Å². The molecule has 1 N–H and O–H groups in total. The van der Waals surface area contributed by atoms with Crippen LogP contribution < -0.4 is 10.2 Å². The first kappa shape index (κ1) is 19.4. The number of carbonyl (C=O) groups is 1. The van der Waals surface area contributed by atoms with Crippen LogP contribution in [0.5, 0.6) is 0 Å². The summed E-state index contributed by atoms with van der Waals surface area (Å²) in [6.07, 6.45) is 7.76. The molecule has 0 radical (unpaired) electrons. The molecule has 3 atom stereocenters. The Kier molecular flexibility index (Phi) is 5.13. The minimum Gasteiger partial charge on any atom is -0.411 e. The van der Waals surface area contributed by atoms with Crippen LogP contribution in [0, 0.1) is 17.3 Å². The predicted molar refractivity (Wildman–Crippen MR) is 117 cm³/mol. The number of nitrogens with one attached hydrogen (secondary N) is 1. The number of para-hydroxylation sites is 1. The number of anilines is 2. The lowest BCUT2D eigenvalue weighted by Gasteiger charge is -2.33. The zero-order valence-electron chi connectivity index (χ0n) is 17.7. The van der Waals surface area contributed by atoms with Gasteiger partial charge in [-0.1, -0.05) is 23.3 Å². The number of nitrogens with zero attached hydrogens (tertiary/aromatic N) is 4. The van der Waals surface area contributed by atoms with Gasteiger partial charge in [0.15, 0.2) is 0 Å². The molecule has 0 bridgehead atoms. The fourth-order valence-corrected chi connectivity index (χ4v) is 4.88. The highest BCUT2D eigenvalue weighted by Gasteiger charge is 2.46. The van der Waals surface area contributed by atoms with Crippen molar-refractivity contribution in [2.45, 2.75) is 45.1 Å². The van der Waals surface area contributed by atoms with Crippen LogP contribution in [0.4, 0.5) is 11.7 Å². The van der Waals surface area contributed by atoms with Crippen molar-refractivity contribution in [1.82, 2.24) is 15.1 Å². The summed E-state index contributed by atoms with van der Waals surface area (Å²) in [7, 11) is 0. The Balaban J connectivity index is 0.000000155. The molecule has 1 amide bonds. The first-order chi connectivity index (χ1) is 14.6. The van der Waals surface area contributed by atoms with Crippen LogP contribution in [-0.2, 0) is 4.79 Å². The van der Waals surface area contributed by atoms with Gasteiger partial charge in [-0.2, -0.15) is 0 Å². The summed E-state index contributed by atoms with van der Waals surface area (Å²) in [5, 5.41) is 10.2. The fraction of sp³-hybridized carbons (Fsp3) is 0.609. The summed E-state index contributed by atoms with van der Waals surface area (Å²) >= 11 is 0. The number of benzene rings is 1. The van der Waals surface area contributed by atoms with E-state index in [9.17, 15) is 4.79 Å². The molecule has 2 saturated carbocycles. The molecule has 3 unspecified atom stereocenters. The van der Waals surface area contributed by atoms with Crippen molar-refractivity contribution in [3.8, 4) is 0 Å². The largest absolute Gasteiger partial charge is 0.411 e. The SMILES string of the molecule is CC(Nc1nnco1)C(=O)N1CCC2(CC1)CC2.[HH].c1ccc(N2CC3CC3C2)cc1. The lowest BCUT2D eigenvalue weighted by atomic mass is 9.93. The van der Waals surface area contributed by atoms with E-state index in [0.29, 0.717) is 11.4 Å². The quantitative estimate of drug-likeness (QED) is 0.828. The molecule has 2 saturated heterocycles. The van der Waals surface area contributed by atoms with E-state index in [0.717, 1.165) is 37.8 Å². The maximum Gasteiger partial charge on any atom is 0.315 e. The third-order valence-electron chi connectivity index (χ3n) is 7.26. The van der Waals surface area contributed by atoms with E-state index in [4.69, 9.17) is 4.42 Å². The van der Waals surface area contributed by atoms with E-state index >= 15 is 0 Å². The summed E-state index contributed by atoms with van der Waals surface area (Å²) in [5.41, 5.74) is 2.00. The number of amides is 1. The number of carbonyl (C=O) groups excluding carboxylic acids is 1. The van der Waals surface area contributed by atoms with Crippen molar-refractivity contribution >= 4 is 17.6 Å². The zero-order valence-corrected chi connectivity index (χ0v) is 17.7. The number of likely N-dealkylation sites (tertiary alicyclic amines) is 1. The Morgan fingerprint density at radius 1 is 1.17 bits per heavy atom. The maximum atomic E-state index is 12.2. The van der Waals surface area contributed by atoms with Crippen molar-refractivity contribution in [3.63, 3.8) is 0 Å². The number of hydrogen-bond acceptors (Lipinski definition) is 6. The molecule has 3 heterocycles. The Bertz CT molecular complexity index is 838. The van der Waals surface area contributed by atoms with Crippen LogP contribution >= 0.6 is 0 Å². The lowest BCUT2D eigenvalue weighted by molar-refractivity contribution is -0.133. The third kappa shape index (κ3) is 4.30. The average Bonchev–Trinajstić information content (AvgIpc) is 3.59. The van der Waals surface area contributed by atoms with Gasteiger partial charge in [0.25, 0.3) is 0 Å². The van der Waals surface area contributed by atoms with E-state index in [1.165, 1.54) is 44.4 Å². The standard InChI is InChI=1S/C12H18N4O2.C11H13N.H2/c1-9(14-11-15-13-8-18-11)10(17)16-6-4-12(2-3-12)5-7-16;1-2-4-11(5-3-1)12-7-9-6-10(9)8-12;/h8-9H,2-7H2,1H3,(H,14,15);1-5,9-10H,6-8H2;1H. The number of piperidine rings is 2. The van der Waals surface area contributed by atoms with Crippen LogP contribution in [0.25, 0.3) is 0 Å². The van der Waals surface area contributed by atoms with Gasteiger partial charge in [0.2, 0.25) is 12.3 Å². The number of fused-ring (bicyclic) bond motifs is 1. The van der Waals surface area contributed by atoms with Gasteiger partial charge < -0.3 is 19.5 Å². The molecule has 30 heavy (non-hydrogen) atoms. The Morgan fingerprint density at radius 2 is 1.87 bits per heavy atom. The normalized spacial score (nSPS) is 26.4. The molecule has 162 valence electrons. The Morgan fingerprint density at radius 3 is 2.47 bits per heavy atom. The van der Waals surface area contributed by atoms with Crippen LogP contribution in [0.3, 0.4) is 0 Å². The molecule has 1 spiro atoms. The van der Waals surface area contributed by atoms with E-state index in [1.807, 2.05) is 11.8 Å². The monoisotopic (exact) mass is 411 g/mol. The van der Waals surface area contributed by atoms with Gasteiger partial charge in [0.1, 0.15) is 6.04 Å². The number of aromatic nitrogens is 2. The van der Waals surface area contributed by atoms with Gasteiger partial charge in [-0.15, -0.1) is 5.10 Å². The van der Waals surface area contributed by atoms with Crippen molar-refractivity contribution in [3.05, 3.63) is 36.7 Å². The van der Waals surface area contributed by atoms with Gasteiger partial charge in [-0.05, 0) is 68.4 Å². The number of rotatable bonds is 4. The molecule has 7 nitrogen and oxygen atoms in total. The van der Waals surface area contributed by atoms with Crippen LogP contribution in [0.2, 0.25) is 0 Å². The molecule has 4 fully saturated rings. The second-order valence-corrected chi connectivity index (χ2v) is 9.43. The summed E-state index contributed by atoms with van der Waals surface area (Å²) in [6, 6.07) is 10.7. The van der Waals surface area contributed by atoms with Crippen molar-refractivity contribution < 1.29 is 10.6 Å². The summed E-state index contributed by atoms with van der Waals surface area (Å²) < 4.78 is 4.98. The minimum absolute atomic E-state index is 0. The first-order valence-corrected chi connectivity index (χ1v) is 11.2. The summed E-state index contributed by atoms with van der Waals surface area (Å²) in [4.78, 5) is 16.7. The van der Waals surface area contributed by atoms with Gasteiger partial charge in [0, 0.05) is 33.3 Å². The van der Waals surface area contributed by atoms with Gasteiger partial charge in [0.05, 0.1) is 0 Å². The average molecular weight is 412 g/mol. The second-order valence-electron chi connectivity index (χ2n) is 9.43. The minimum atomic E-state index is -0.321. The zero-order chi connectivity index (χ0) is 20.6. The Labute approximate surface area is 179 Å². The molecule has 2 aliphatic carbocycles. The van der Waals surface area contributed by atoms with E-state index in [-0.39, 0.29) is 13.4 Å². The Hall–Kier alpha value is -2.57. The molecule has 6 rings (SSSR count).